The Kier molecular flexibility index (Phi) is 9.46. The predicted octanol–water partition coefficient (Wildman–Crippen LogP) is 8.97. The normalized spacial score (nSPS) is 41.2. The number of benzene rings is 1. The summed E-state index contributed by atoms with van der Waals surface area (Å²) < 4.78 is 31.2. The van der Waals surface area contributed by atoms with Crippen LogP contribution >= 0.6 is 0 Å². The molecule has 4 fully saturated rings. The Morgan fingerprint density at radius 3 is 2.47 bits per heavy atom. The fraction of sp³-hybridized carbons (Fsp3) is 0.750. The maximum atomic E-state index is 15.5. The average Bonchev–Trinajstić information content (AvgIpc) is 3.57. The molecule has 5 aliphatic rings. The molecule has 0 spiro atoms. The Balaban J connectivity index is 1.36. The van der Waals surface area contributed by atoms with Gasteiger partial charge >= 0.3 is 5.97 Å². The fourth-order valence-electron chi connectivity index (χ4n) is 12.9. The van der Waals surface area contributed by atoms with Gasteiger partial charge in [-0.15, -0.1) is 0 Å². The van der Waals surface area contributed by atoms with E-state index in [-0.39, 0.29) is 63.3 Å². The molecule has 3 N–H and O–H groups in total. The minimum Gasteiger partial charge on any atom is -0.481 e. The van der Waals surface area contributed by atoms with Crippen molar-refractivity contribution in [2.45, 2.75) is 125 Å². The minimum atomic E-state index is -0.649. The van der Waals surface area contributed by atoms with Crippen LogP contribution in [0.1, 0.15) is 114 Å². The lowest BCUT2D eigenvalue weighted by molar-refractivity contribution is -0.252. The van der Waals surface area contributed by atoms with E-state index in [4.69, 9.17) is 20.3 Å². The van der Waals surface area contributed by atoms with Crippen molar-refractivity contribution in [3.05, 3.63) is 48.1 Å². The topological polar surface area (TPSA) is 112 Å². The largest absolute Gasteiger partial charge is 0.481 e. The van der Waals surface area contributed by atoms with Crippen molar-refractivity contribution in [2.75, 3.05) is 19.8 Å². The highest BCUT2D eigenvalue weighted by molar-refractivity contribution is 5.73. The summed E-state index contributed by atoms with van der Waals surface area (Å²) in [5, 5.41) is 16.0. The number of nitrogens with two attached hydrogens (primary N) is 1. The molecule has 1 aliphatic heterocycles. The number of nitrogens with zero attached hydrogens (tertiary/aromatic N) is 3. The molecule has 4 aliphatic carbocycles. The van der Waals surface area contributed by atoms with Gasteiger partial charge in [-0.3, -0.25) is 4.79 Å². The highest BCUT2D eigenvalue weighted by Crippen LogP contribution is 2.75. The predicted molar refractivity (Wildman–Crippen MR) is 205 cm³/mol. The second-order valence-electron chi connectivity index (χ2n) is 20.0. The first kappa shape index (κ1) is 38.6. The van der Waals surface area contributed by atoms with Gasteiger partial charge in [0.1, 0.15) is 12.1 Å². The number of rotatable bonds is 9. The zero-order valence-electron chi connectivity index (χ0n) is 33.9. The molecular weight excluding hydrogens is 668 g/mol. The Morgan fingerprint density at radius 1 is 1.09 bits per heavy atom. The number of fused-ring (bicyclic) bond motifs is 3. The number of allylic oxidation sites excluding steroid dienone is 1. The quantitative estimate of drug-likeness (QED) is 0.248. The Bertz CT molecular complexity index is 1760. The van der Waals surface area contributed by atoms with Gasteiger partial charge in [-0.1, -0.05) is 86.1 Å². The van der Waals surface area contributed by atoms with E-state index in [0.717, 1.165) is 32.1 Å². The second-order valence-corrected chi connectivity index (χ2v) is 20.0. The van der Waals surface area contributed by atoms with Crippen LogP contribution in [0.15, 0.2) is 42.2 Å². The third kappa shape index (κ3) is 5.47. The number of aromatic nitrogens is 3. The summed E-state index contributed by atoms with van der Waals surface area (Å²) in [6.45, 7) is 23.9. The lowest BCUT2D eigenvalue weighted by Crippen LogP contribution is -2.69. The molecule has 292 valence electrons. The summed E-state index contributed by atoms with van der Waals surface area (Å²) in [5.74, 6) is 0.466. The van der Waals surface area contributed by atoms with E-state index < -0.39 is 22.8 Å². The van der Waals surface area contributed by atoms with E-state index in [9.17, 15) is 9.90 Å². The molecule has 53 heavy (non-hydrogen) atoms. The zero-order chi connectivity index (χ0) is 38.5. The summed E-state index contributed by atoms with van der Waals surface area (Å²) in [4.78, 5) is 18.2. The first-order valence-corrected chi connectivity index (χ1v) is 20.3. The summed E-state index contributed by atoms with van der Waals surface area (Å²) in [7, 11) is 0. The van der Waals surface area contributed by atoms with Crippen molar-refractivity contribution >= 4 is 5.97 Å². The maximum absolute atomic E-state index is 15.5. The van der Waals surface area contributed by atoms with Crippen LogP contribution in [-0.4, -0.2) is 57.3 Å². The zero-order valence-corrected chi connectivity index (χ0v) is 33.9. The molecule has 0 amide bonds. The molecule has 7 rings (SSSR count). The van der Waals surface area contributed by atoms with Crippen LogP contribution < -0.4 is 5.73 Å². The molecule has 8 nitrogen and oxygen atoms in total. The van der Waals surface area contributed by atoms with Gasteiger partial charge in [0, 0.05) is 16.4 Å². The lowest BCUT2D eigenvalue weighted by atomic mass is 9.34. The number of halogens is 1. The second kappa shape index (κ2) is 13.0. The van der Waals surface area contributed by atoms with E-state index in [1.165, 1.54) is 18.0 Å². The molecule has 0 radical (unpaired) electrons. The summed E-state index contributed by atoms with van der Waals surface area (Å²) in [6.07, 6.45) is 9.09. The molecule has 9 heteroatoms. The van der Waals surface area contributed by atoms with Crippen molar-refractivity contribution in [3.8, 4) is 11.4 Å². The van der Waals surface area contributed by atoms with Crippen LogP contribution in [0.25, 0.3) is 11.4 Å². The lowest BCUT2D eigenvalue weighted by Gasteiger charge is -2.71. The molecular formula is C44H65FN4O4. The first-order valence-electron chi connectivity index (χ1n) is 20.3. The summed E-state index contributed by atoms with van der Waals surface area (Å²) in [6, 6.07) is 6.53. The monoisotopic (exact) mass is 732 g/mol. The molecule has 1 aromatic carbocycles. The SMILES string of the molecule is CC(C)[C@@H](C)[C@@]1(C)CC[C@]2(C)[C@H]3CC[C@@H]4[C@@]5(COC[C@@]4(C)[C@@H](OC[C@](C)(N)C(C)C)[C@H](n4ncnc4-c4ccccc4F)C5)C3=CC[C@@]2(C)[C@@H]1C(=O)O. The highest BCUT2D eigenvalue weighted by atomic mass is 19.1. The van der Waals surface area contributed by atoms with Crippen molar-refractivity contribution in [2.24, 2.45) is 68.3 Å². The average molecular weight is 733 g/mol. The van der Waals surface area contributed by atoms with Crippen LogP contribution in [0.2, 0.25) is 0 Å². The first-order chi connectivity index (χ1) is 24.8. The van der Waals surface area contributed by atoms with Gasteiger partial charge < -0.3 is 20.3 Å². The molecule has 1 saturated heterocycles. The number of ether oxygens (including phenoxy) is 2. The molecule has 2 bridgehead atoms. The van der Waals surface area contributed by atoms with E-state index in [1.807, 2.05) is 10.7 Å². The Hall–Kier alpha value is -2.62. The summed E-state index contributed by atoms with van der Waals surface area (Å²) in [5.41, 5.74) is 6.58. The van der Waals surface area contributed by atoms with Crippen LogP contribution in [0, 0.1) is 68.4 Å². The van der Waals surface area contributed by atoms with Gasteiger partial charge in [0.2, 0.25) is 0 Å². The van der Waals surface area contributed by atoms with Gasteiger partial charge in [-0.05, 0) is 103 Å². The van der Waals surface area contributed by atoms with Crippen molar-refractivity contribution in [1.82, 2.24) is 14.8 Å². The van der Waals surface area contributed by atoms with E-state index in [2.05, 4.69) is 80.3 Å². The Morgan fingerprint density at radius 2 is 1.81 bits per heavy atom. The van der Waals surface area contributed by atoms with E-state index in [1.54, 1.807) is 12.1 Å². The number of hydrogen-bond donors (Lipinski definition) is 2. The smallest absolute Gasteiger partial charge is 0.307 e. The fourth-order valence-corrected chi connectivity index (χ4v) is 12.9. The van der Waals surface area contributed by atoms with Crippen LogP contribution in [0.4, 0.5) is 4.39 Å². The molecule has 2 heterocycles. The van der Waals surface area contributed by atoms with Crippen LogP contribution in [0.3, 0.4) is 0 Å². The van der Waals surface area contributed by atoms with E-state index >= 15 is 4.39 Å². The highest BCUT2D eigenvalue weighted by Gasteiger charge is 2.72. The third-order valence-electron chi connectivity index (χ3n) is 17.0. The maximum Gasteiger partial charge on any atom is 0.307 e. The van der Waals surface area contributed by atoms with Gasteiger partial charge in [0.05, 0.1) is 43.4 Å². The molecule has 12 atom stereocenters. The van der Waals surface area contributed by atoms with Crippen LogP contribution in [0.5, 0.6) is 0 Å². The van der Waals surface area contributed by atoms with Gasteiger partial charge in [0.15, 0.2) is 5.82 Å². The van der Waals surface area contributed by atoms with Gasteiger partial charge in [-0.25, -0.2) is 14.1 Å². The number of carboxylic acid groups (broad SMARTS) is 1. The summed E-state index contributed by atoms with van der Waals surface area (Å²) >= 11 is 0. The number of carbonyl (C=O) groups is 1. The third-order valence-corrected chi connectivity index (χ3v) is 17.0. The number of aliphatic carboxylic acids is 1. The van der Waals surface area contributed by atoms with E-state index in [0.29, 0.717) is 43.5 Å². The van der Waals surface area contributed by atoms with Crippen molar-refractivity contribution in [1.29, 1.82) is 0 Å². The van der Waals surface area contributed by atoms with Crippen molar-refractivity contribution in [3.63, 3.8) is 0 Å². The molecule has 0 unspecified atom stereocenters. The molecule has 1 aromatic heterocycles. The van der Waals surface area contributed by atoms with Gasteiger partial charge in [0.25, 0.3) is 0 Å². The molecule has 2 aromatic rings. The molecule has 3 saturated carbocycles. The van der Waals surface area contributed by atoms with Crippen LogP contribution in [-0.2, 0) is 14.3 Å². The van der Waals surface area contributed by atoms with Crippen molar-refractivity contribution < 1.29 is 23.8 Å². The Labute approximate surface area is 316 Å². The number of hydrogen-bond acceptors (Lipinski definition) is 6. The number of carboxylic acids is 1. The van der Waals surface area contributed by atoms with Gasteiger partial charge in [-0.2, -0.15) is 5.10 Å². The minimum absolute atomic E-state index is 0.197. The standard InChI is InChI=1S/C44H65FN4O4/c1-26(2)28(5)39(6)19-20-41(8)30-15-16-34-40(7)22-52-24-44(34,31(30)17-18-42(41,9)35(39)38(50)51)21-33(36(40)53-23-43(10,46)27(3)4)49-37(47-25-48-49)29-13-11-12-14-32(29)45/h11-14,17,25-28,30,33-36H,15-16,18-24,46H2,1-10H3,(H,50,51)/t28-,30+,33-,34+,35-,36+,39-,40-,41-,42+,43+,44+/m1/s1.